The predicted octanol–water partition coefficient (Wildman–Crippen LogP) is 5.89. The van der Waals surface area contributed by atoms with Gasteiger partial charge in [-0.3, -0.25) is 4.79 Å². The number of aliphatic carboxylic acids is 1. The third-order valence-corrected chi connectivity index (χ3v) is 11.4. The molecule has 4 aliphatic carbocycles. The van der Waals surface area contributed by atoms with Crippen LogP contribution in [-0.2, 0) is 4.79 Å². The molecule has 32 heavy (non-hydrogen) atoms. The lowest BCUT2D eigenvalue weighted by Crippen LogP contribution is -2.65. The van der Waals surface area contributed by atoms with E-state index in [2.05, 4.69) is 34.6 Å². The molecule has 10 atom stereocenters. The van der Waals surface area contributed by atoms with E-state index in [4.69, 9.17) is 0 Å². The van der Waals surface area contributed by atoms with Gasteiger partial charge in [0, 0.05) is 0 Å². The Morgan fingerprint density at radius 2 is 1.66 bits per heavy atom. The fraction of sp³-hybridized carbons (Fsp3) is 0.964. The Morgan fingerprint density at radius 1 is 0.938 bits per heavy atom. The summed E-state index contributed by atoms with van der Waals surface area (Å²) < 4.78 is 0. The molecule has 0 amide bonds. The second-order valence-corrected chi connectivity index (χ2v) is 13.3. The van der Waals surface area contributed by atoms with E-state index < -0.39 is 23.6 Å². The highest BCUT2D eigenvalue weighted by Gasteiger charge is 2.69. The molecule has 4 nitrogen and oxygen atoms in total. The van der Waals surface area contributed by atoms with Crippen LogP contribution in [-0.4, -0.2) is 33.5 Å². The number of carbonyl (C=O) groups is 1. The third kappa shape index (κ3) is 3.58. The molecule has 0 aliphatic heterocycles. The van der Waals surface area contributed by atoms with Crippen molar-refractivity contribution in [3.05, 3.63) is 0 Å². The minimum absolute atomic E-state index is 0.217. The van der Waals surface area contributed by atoms with Crippen LogP contribution in [0.25, 0.3) is 0 Å². The van der Waals surface area contributed by atoms with Crippen LogP contribution in [0.4, 0.5) is 0 Å². The average molecular weight is 449 g/mol. The standard InChI is InChI=1S/C28H48O4/c1-17(2)7-6-8-18(3)20-9-10-21-24-22(12-13-26(20,21)4)27(5)14-11-19(29)15-28(27,25(31)32)16-23(24)30/h17-24,29-30H,6-16H2,1-5H3,(H,31,32)/t18-,19-,20-,21+,22+,23-,24+,26-,27-,28?/m1/s1. The molecule has 0 aromatic rings. The maximum absolute atomic E-state index is 12.6. The topological polar surface area (TPSA) is 77.8 Å². The maximum atomic E-state index is 12.6. The Labute approximate surface area is 195 Å². The number of aliphatic hydroxyl groups excluding tert-OH is 2. The summed E-state index contributed by atoms with van der Waals surface area (Å²) in [7, 11) is 0. The first-order valence-corrected chi connectivity index (χ1v) is 13.6. The largest absolute Gasteiger partial charge is 0.481 e. The predicted molar refractivity (Wildman–Crippen MR) is 127 cm³/mol. The van der Waals surface area contributed by atoms with E-state index in [0.717, 1.165) is 30.6 Å². The number of fused-ring (bicyclic) bond motifs is 5. The van der Waals surface area contributed by atoms with E-state index >= 15 is 0 Å². The van der Waals surface area contributed by atoms with E-state index in [1.165, 1.54) is 38.5 Å². The number of rotatable bonds is 6. The fourth-order valence-corrected chi connectivity index (χ4v) is 9.71. The molecule has 0 spiro atoms. The lowest BCUT2D eigenvalue weighted by Gasteiger charge is -2.65. The van der Waals surface area contributed by atoms with Crippen molar-refractivity contribution in [3.63, 3.8) is 0 Å². The molecule has 4 saturated carbocycles. The van der Waals surface area contributed by atoms with Gasteiger partial charge in [-0.2, -0.15) is 0 Å². The highest BCUT2D eigenvalue weighted by molar-refractivity contribution is 5.76. The molecule has 1 unspecified atom stereocenters. The second-order valence-electron chi connectivity index (χ2n) is 13.3. The highest BCUT2D eigenvalue weighted by Crippen LogP contribution is 2.71. The van der Waals surface area contributed by atoms with Crippen LogP contribution in [0, 0.1) is 51.8 Å². The molecule has 4 heteroatoms. The molecule has 4 fully saturated rings. The van der Waals surface area contributed by atoms with Gasteiger partial charge in [0.1, 0.15) is 0 Å². The first-order chi connectivity index (χ1) is 15.0. The normalized spacial score (nSPS) is 49.2. The van der Waals surface area contributed by atoms with Gasteiger partial charge in [-0.1, -0.05) is 53.9 Å². The van der Waals surface area contributed by atoms with Gasteiger partial charge in [-0.25, -0.2) is 0 Å². The zero-order valence-corrected chi connectivity index (χ0v) is 21.1. The van der Waals surface area contributed by atoms with E-state index in [0.29, 0.717) is 25.2 Å². The highest BCUT2D eigenvalue weighted by atomic mass is 16.4. The summed E-state index contributed by atoms with van der Waals surface area (Å²) in [5.41, 5.74) is -1.04. The van der Waals surface area contributed by atoms with Crippen LogP contribution in [0.5, 0.6) is 0 Å². The first kappa shape index (κ1) is 24.5. The molecule has 4 aliphatic rings. The van der Waals surface area contributed by atoms with Gasteiger partial charge in [0.15, 0.2) is 0 Å². The molecule has 0 radical (unpaired) electrons. The Morgan fingerprint density at radius 3 is 2.31 bits per heavy atom. The third-order valence-electron chi connectivity index (χ3n) is 11.4. The molecule has 0 saturated heterocycles. The molecule has 0 aromatic carbocycles. The minimum Gasteiger partial charge on any atom is -0.481 e. The molecule has 0 aromatic heterocycles. The Kier molecular flexibility index (Phi) is 6.55. The first-order valence-electron chi connectivity index (χ1n) is 13.6. The van der Waals surface area contributed by atoms with Gasteiger partial charge < -0.3 is 15.3 Å². The smallest absolute Gasteiger partial charge is 0.310 e. The molecule has 0 heterocycles. The van der Waals surface area contributed by atoms with E-state index in [1.54, 1.807) is 0 Å². The van der Waals surface area contributed by atoms with Gasteiger partial charge in [-0.05, 0) is 97.7 Å². The zero-order valence-electron chi connectivity index (χ0n) is 21.1. The van der Waals surface area contributed by atoms with Crippen LogP contribution in [0.3, 0.4) is 0 Å². The van der Waals surface area contributed by atoms with Crippen LogP contribution in [0.2, 0.25) is 0 Å². The second kappa shape index (κ2) is 8.56. The Hall–Kier alpha value is -0.610. The number of carboxylic acids is 1. The molecule has 4 rings (SSSR count). The molecule has 0 bridgehead atoms. The van der Waals surface area contributed by atoms with Crippen molar-refractivity contribution >= 4 is 5.97 Å². The lowest BCUT2D eigenvalue weighted by molar-refractivity contribution is -0.225. The van der Waals surface area contributed by atoms with Crippen molar-refractivity contribution in [1.82, 2.24) is 0 Å². The van der Waals surface area contributed by atoms with E-state index in [1.807, 2.05) is 0 Å². The van der Waals surface area contributed by atoms with Crippen molar-refractivity contribution in [3.8, 4) is 0 Å². The Bertz CT molecular complexity index is 706. The summed E-state index contributed by atoms with van der Waals surface area (Å²) in [5.74, 6) is 2.39. The van der Waals surface area contributed by atoms with E-state index in [-0.39, 0.29) is 22.7 Å². The lowest BCUT2D eigenvalue weighted by atomic mass is 9.39. The molecule has 184 valence electrons. The van der Waals surface area contributed by atoms with Crippen LogP contribution < -0.4 is 0 Å². The van der Waals surface area contributed by atoms with Gasteiger partial charge in [0.25, 0.3) is 0 Å². The SMILES string of the molecule is CC(C)CCC[C@@H](C)[C@H]1CC[C@H]2[C@@H]3[C@H](O)CC4(C(=O)O)C[C@H](O)CC[C@]4(C)[C@H]3CC[C@]12C. The quantitative estimate of drug-likeness (QED) is 0.473. The van der Waals surface area contributed by atoms with Crippen LogP contribution in [0.15, 0.2) is 0 Å². The van der Waals surface area contributed by atoms with Crippen LogP contribution >= 0.6 is 0 Å². The molecular formula is C28H48O4. The fourth-order valence-electron chi connectivity index (χ4n) is 9.71. The average Bonchev–Trinajstić information content (AvgIpc) is 3.06. The van der Waals surface area contributed by atoms with Crippen molar-refractivity contribution in [2.75, 3.05) is 0 Å². The van der Waals surface area contributed by atoms with Crippen molar-refractivity contribution in [1.29, 1.82) is 0 Å². The van der Waals surface area contributed by atoms with Crippen molar-refractivity contribution in [2.24, 2.45) is 51.8 Å². The summed E-state index contributed by atoms with van der Waals surface area (Å²) in [5, 5.41) is 32.3. The van der Waals surface area contributed by atoms with Crippen molar-refractivity contribution < 1.29 is 20.1 Å². The summed E-state index contributed by atoms with van der Waals surface area (Å²) >= 11 is 0. The van der Waals surface area contributed by atoms with Gasteiger partial charge >= 0.3 is 5.97 Å². The number of aliphatic hydroxyl groups is 2. The van der Waals surface area contributed by atoms with E-state index in [9.17, 15) is 20.1 Å². The summed E-state index contributed by atoms with van der Waals surface area (Å²) in [6, 6.07) is 0. The molecular weight excluding hydrogens is 400 g/mol. The number of carboxylic acid groups (broad SMARTS) is 1. The Balaban J connectivity index is 1.59. The maximum Gasteiger partial charge on any atom is 0.310 e. The summed E-state index contributed by atoms with van der Waals surface area (Å²) in [6.45, 7) is 11.8. The zero-order chi connectivity index (χ0) is 23.5. The number of hydrogen-bond donors (Lipinski definition) is 3. The summed E-state index contributed by atoms with van der Waals surface area (Å²) in [4.78, 5) is 12.6. The number of hydrogen-bond acceptors (Lipinski definition) is 3. The minimum atomic E-state index is -0.985. The van der Waals surface area contributed by atoms with Gasteiger partial charge in [0.2, 0.25) is 0 Å². The van der Waals surface area contributed by atoms with Gasteiger partial charge in [-0.15, -0.1) is 0 Å². The van der Waals surface area contributed by atoms with Crippen molar-refractivity contribution in [2.45, 2.75) is 117 Å². The molecule has 3 N–H and O–H groups in total. The summed E-state index contributed by atoms with van der Waals surface area (Å²) in [6.07, 6.45) is 9.54. The van der Waals surface area contributed by atoms with Gasteiger partial charge in [0.05, 0.1) is 17.6 Å². The van der Waals surface area contributed by atoms with Crippen LogP contribution in [0.1, 0.15) is 105 Å². The monoisotopic (exact) mass is 448 g/mol.